The summed E-state index contributed by atoms with van der Waals surface area (Å²) >= 11 is 0. The molecule has 2 atom stereocenters. The number of piperidine rings is 1. The summed E-state index contributed by atoms with van der Waals surface area (Å²) in [7, 11) is 1.47. The van der Waals surface area contributed by atoms with Crippen molar-refractivity contribution in [3.63, 3.8) is 0 Å². The number of nitrogens with zero attached hydrogens (tertiary/aromatic N) is 2. The zero-order valence-electron chi connectivity index (χ0n) is 16.2. The molecule has 8 nitrogen and oxygen atoms in total. The number of carboxylic acids is 1. The van der Waals surface area contributed by atoms with Gasteiger partial charge in [-0.2, -0.15) is 0 Å². The number of methoxy groups -OCH3 is 1. The molecule has 0 spiro atoms. The number of hydrogen-bond acceptors (Lipinski definition) is 5. The Kier molecular flexibility index (Phi) is 5.88. The molecular weight excluding hydrogens is 364 g/mol. The number of para-hydroxylation sites is 2. The van der Waals surface area contributed by atoms with E-state index in [2.05, 4.69) is 0 Å². The van der Waals surface area contributed by atoms with E-state index in [1.54, 1.807) is 28.9 Å². The summed E-state index contributed by atoms with van der Waals surface area (Å²) in [5, 5.41) is 9.64. The van der Waals surface area contributed by atoms with Crippen LogP contribution in [-0.2, 0) is 19.1 Å². The molecule has 3 rings (SSSR count). The summed E-state index contributed by atoms with van der Waals surface area (Å²) in [6.07, 6.45) is 0.598. The molecule has 1 saturated heterocycles. The molecular formula is C20H26N2O6. The van der Waals surface area contributed by atoms with Gasteiger partial charge in [-0.05, 0) is 31.9 Å². The molecule has 1 aromatic carbocycles. The topological polar surface area (TPSA) is 96.4 Å². The van der Waals surface area contributed by atoms with E-state index in [-0.39, 0.29) is 37.9 Å². The van der Waals surface area contributed by atoms with Crippen LogP contribution in [0.15, 0.2) is 24.3 Å². The Hall–Kier alpha value is -2.61. The van der Waals surface area contributed by atoms with Crippen LogP contribution < -0.4 is 9.64 Å². The van der Waals surface area contributed by atoms with Crippen molar-refractivity contribution in [1.29, 1.82) is 0 Å². The minimum absolute atomic E-state index is 0.0684. The second-order valence-electron chi connectivity index (χ2n) is 7.41. The van der Waals surface area contributed by atoms with Crippen LogP contribution in [0.2, 0.25) is 0 Å². The molecule has 28 heavy (non-hydrogen) atoms. The lowest BCUT2D eigenvalue weighted by atomic mass is 9.80. The van der Waals surface area contributed by atoms with Gasteiger partial charge in [0.05, 0.1) is 12.3 Å². The number of carboxylic acid groups (broad SMARTS) is 1. The molecule has 1 N–H and O–H groups in total. The minimum Gasteiger partial charge on any atom is -0.481 e. The second kappa shape index (κ2) is 8.18. The Morgan fingerprint density at radius 3 is 2.82 bits per heavy atom. The van der Waals surface area contributed by atoms with Gasteiger partial charge in [0.2, 0.25) is 5.91 Å². The Bertz CT molecular complexity index is 763. The molecule has 0 aromatic heterocycles. The smallest absolute Gasteiger partial charge is 0.313 e. The maximum absolute atomic E-state index is 12.8. The highest BCUT2D eigenvalue weighted by Gasteiger charge is 2.44. The predicted octanol–water partition coefficient (Wildman–Crippen LogP) is 1.53. The largest absolute Gasteiger partial charge is 0.481 e. The van der Waals surface area contributed by atoms with Crippen LogP contribution in [-0.4, -0.2) is 67.2 Å². The first-order chi connectivity index (χ1) is 13.4. The van der Waals surface area contributed by atoms with E-state index >= 15 is 0 Å². The molecule has 0 saturated carbocycles. The maximum atomic E-state index is 12.8. The Labute approximate surface area is 164 Å². The first-order valence-electron chi connectivity index (χ1n) is 9.45. The standard InChI is InChI=1S/C20H26N2O6/c1-14-18(24)22(15-6-3-4-7-16(15)28-14)11-8-17(23)21-10-5-9-20(12-21,13-27-2)19(25)26/h3-4,6-7,14H,5,8-13H2,1-2H3,(H,25,26). The van der Waals surface area contributed by atoms with Gasteiger partial charge in [-0.15, -0.1) is 0 Å². The molecule has 2 heterocycles. The third-order valence-corrected chi connectivity index (χ3v) is 5.43. The van der Waals surface area contributed by atoms with Gasteiger partial charge in [-0.3, -0.25) is 14.4 Å². The van der Waals surface area contributed by atoms with E-state index in [1.165, 1.54) is 7.11 Å². The van der Waals surface area contributed by atoms with Gasteiger partial charge in [0.15, 0.2) is 6.10 Å². The van der Waals surface area contributed by atoms with Crippen LogP contribution in [0.25, 0.3) is 0 Å². The average molecular weight is 390 g/mol. The van der Waals surface area contributed by atoms with E-state index in [9.17, 15) is 19.5 Å². The van der Waals surface area contributed by atoms with E-state index in [4.69, 9.17) is 9.47 Å². The van der Waals surface area contributed by atoms with Gasteiger partial charge >= 0.3 is 5.97 Å². The Morgan fingerprint density at radius 2 is 2.11 bits per heavy atom. The van der Waals surface area contributed by atoms with Crippen LogP contribution >= 0.6 is 0 Å². The van der Waals surface area contributed by atoms with Gasteiger partial charge < -0.3 is 24.4 Å². The van der Waals surface area contributed by atoms with Crippen LogP contribution in [0.1, 0.15) is 26.2 Å². The van der Waals surface area contributed by atoms with E-state index in [0.29, 0.717) is 30.8 Å². The number of ether oxygens (including phenoxy) is 2. The molecule has 8 heteroatoms. The lowest BCUT2D eigenvalue weighted by molar-refractivity contribution is -0.159. The van der Waals surface area contributed by atoms with Crippen LogP contribution in [0.5, 0.6) is 5.75 Å². The molecule has 2 aliphatic heterocycles. The first kappa shape index (κ1) is 20.1. The van der Waals surface area contributed by atoms with Gasteiger partial charge in [0.1, 0.15) is 11.2 Å². The third-order valence-electron chi connectivity index (χ3n) is 5.43. The third kappa shape index (κ3) is 3.82. The Balaban J connectivity index is 1.68. The van der Waals surface area contributed by atoms with Crippen LogP contribution in [0.3, 0.4) is 0 Å². The second-order valence-corrected chi connectivity index (χ2v) is 7.41. The number of rotatable bonds is 6. The Morgan fingerprint density at radius 1 is 1.36 bits per heavy atom. The minimum atomic E-state index is -1.07. The van der Waals surface area contributed by atoms with Crippen molar-refractivity contribution in [2.24, 2.45) is 5.41 Å². The van der Waals surface area contributed by atoms with Gasteiger partial charge in [0, 0.05) is 33.2 Å². The van der Waals surface area contributed by atoms with Crippen LogP contribution in [0, 0.1) is 5.41 Å². The lowest BCUT2D eigenvalue weighted by Crippen LogP contribution is -2.53. The number of benzene rings is 1. The number of hydrogen-bond donors (Lipinski definition) is 1. The van der Waals surface area contributed by atoms with Crippen molar-refractivity contribution < 1.29 is 29.0 Å². The number of anilines is 1. The predicted molar refractivity (Wildman–Crippen MR) is 101 cm³/mol. The molecule has 2 aliphatic rings. The summed E-state index contributed by atoms with van der Waals surface area (Å²) < 4.78 is 10.7. The summed E-state index contributed by atoms with van der Waals surface area (Å²) in [6, 6.07) is 7.23. The molecule has 0 bridgehead atoms. The number of carbonyl (C=O) groups is 3. The zero-order valence-corrected chi connectivity index (χ0v) is 16.2. The molecule has 2 amide bonds. The fourth-order valence-corrected chi connectivity index (χ4v) is 3.93. The normalized spacial score (nSPS) is 24.5. The van der Waals surface area contributed by atoms with Gasteiger partial charge in [0.25, 0.3) is 5.91 Å². The number of fused-ring (bicyclic) bond motifs is 1. The monoisotopic (exact) mass is 390 g/mol. The average Bonchev–Trinajstić information content (AvgIpc) is 2.68. The van der Waals surface area contributed by atoms with Crippen molar-refractivity contribution in [3.05, 3.63) is 24.3 Å². The maximum Gasteiger partial charge on any atom is 0.313 e. The summed E-state index contributed by atoms with van der Waals surface area (Å²) in [5.74, 6) is -0.682. The van der Waals surface area contributed by atoms with E-state index < -0.39 is 17.5 Å². The molecule has 152 valence electrons. The summed E-state index contributed by atoms with van der Waals surface area (Å²) in [6.45, 7) is 2.62. The lowest BCUT2D eigenvalue weighted by Gasteiger charge is -2.40. The summed E-state index contributed by atoms with van der Waals surface area (Å²) in [4.78, 5) is 40.2. The number of amides is 2. The quantitative estimate of drug-likeness (QED) is 0.791. The molecule has 1 fully saturated rings. The summed E-state index contributed by atoms with van der Waals surface area (Å²) in [5.41, 5.74) is -0.422. The molecule has 0 radical (unpaired) electrons. The van der Waals surface area contributed by atoms with E-state index in [0.717, 1.165) is 0 Å². The van der Waals surface area contributed by atoms with Crippen LogP contribution in [0.4, 0.5) is 5.69 Å². The van der Waals surface area contributed by atoms with Crippen molar-refractivity contribution in [2.45, 2.75) is 32.3 Å². The highest BCUT2D eigenvalue weighted by molar-refractivity contribution is 6.00. The van der Waals surface area contributed by atoms with Crippen molar-refractivity contribution >= 4 is 23.5 Å². The first-order valence-corrected chi connectivity index (χ1v) is 9.45. The number of carbonyl (C=O) groups excluding carboxylic acids is 2. The number of aliphatic carboxylic acids is 1. The van der Waals surface area contributed by atoms with Gasteiger partial charge in [-0.25, -0.2) is 0 Å². The van der Waals surface area contributed by atoms with Crippen molar-refractivity contribution in [3.8, 4) is 5.75 Å². The number of likely N-dealkylation sites (tertiary alicyclic amines) is 1. The fourth-order valence-electron chi connectivity index (χ4n) is 3.93. The van der Waals surface area contributed by atoms with Gasteiger partial charge in [-0.1, -0.05) is 12.1 Å². The van der Waals surface area contributed by atoms with Crippen molar-refractivity contribution in [1.82, 2.24) is 4.90 Å². The van der Waals surface area contributed by atoms with Crippen molar-refractivity contribution in [2.75, 3.05) is 38.3 Å². The molecule has 0 aliphatic carbocycles. The molecule has 1 aromatic rings. The SMILES string of the molecule is COCC1(C(=O)O)CCCN(C(=O)CCN2C(=O)C(C)Oc3ccccc32)C1. The van der Waals surface area contributed by atoms with E-state index in [1.807, 2.05) is 12.1 Å². The zero-order chi connectivity index (χ0) is 20.3. The fraction of sp³-hybridized carbons (Fsp3) is 0.550. The molecule has 2 unspecified atom stereocenters. The highest BCUT2D eigenvalue weighted by atomic mass is 16.5. The highest BCUT2D eigenvalue weighted by Crippen LogP contribution is 2.34.